The van der Waals surface area contributed by atoms with Crippen molar-refractivity contribution in [2.45, 2.75) is 18.7 Å². The molecule has 0 spiro atoms. The lowest BCUT2D eigenvalue weighted by atomic mass is 10.0. The second kappa shape index (κ2) is 5.80. The van der Waals surface area contributed by atoms with Gasteiger partial charge >= 0.3 is 12.3 Å². The van der Waals surface area contributed by atoms with Crippen molar-refractivity contribution in [2.24, 2.45) is 0 Å². The Morgan fingerprint density at radius 1 is 1.42 bits per heavy atom. The lowest BCUT2D eigenvalue weighted by Crippen LogP contribution is -2.19. The molecule has 0 aliphatic rings. The predicted octanol–water partition coefficient (Wildman–Crippen LogP) is 2.82. The number of hydrogen-bond donors (Lipinski definition) is 1. The molecular weight excluding hydrogens is 287 g/mol. The van der Waals surface area contributed by atoms with Crippen LogP contribution in [0.1, 0.15) is 16.7 Å². The van der Waals surface area contributed by atoms with Gasteiger partial charge in [-0.25, -0.2) is 0 Å². The fraction of sp³-hybridized carbons (Fsp3) is 0.273. The van der Waals surface area contributed by atoms with Gasteiger partial charge in [-0.05, 0) is 17.7 Å². The molecule has 0 radical (unpaired) electrons. The monoisotopic (exact) mass is 293 g/mol. The first-order chi connectivity index (χ1) is 8.76. The largest absolute Gasteiger partial charge is 0.573 e. The third-order valence-corrected chi connectivity index (χ3v) is 2.41. The molecule has 1 aromatic carbocycles. The minimum absolute atomic E-state index is 0.0941. The summed E-state index contributed by atoms with van der Waals surface area (Å²) in [6.45, 7) is 0. The van der Waals surface area contributed by atoms with Crippen molar-refractivity contribution < 1.29 is 27.8 Å². The SMILES string of the molecule is N#Cc1cc(OC(F)(F)F)c(CC(=O)O)cc1CCl. The highest BCUT2D eigenvalue weighted by molar-refractivity contribution is 6.17. The molecule has 1 rings (SSSR count). The van der Waals surface area contributed by atoms with Crippen LogP contribution in [0, 0.1) is 11.3 Å². The number of nitriles is 1. The van der Waals surface area contributed by atoms with Gasteiger partial charge in [0.2, 0.25) is 0 Å². The predicted molar refractivity (Wildman–Crippen MR) is 58.7 cm³/mol. The summed E-state index contributed by atoms with van der Waals surface area (Å²) in [5, 5.41) is 17.4. The molecule has 0 fully saturated rings. The average Bonchev–Trinajstić information content (AvgIpc) is 2.28. The van der Waals surface area contributed by atoms with Crippen LogP contribution in [0.3, 0.4) is 0 Å². The van der Waals surface area contributed by atoms with Gasteiger partial charge in [-0.15, -0.1) is 24.8 Å². The summed E-state index contributed by atoms with van der Waals surface area (Å²) in [5.41, 5.74) is -0.0437. The van der Waals surface area contributed by atoms with Gasteiger partial charge in [-0.3, -0.25) is 4.79 Å². The highest BCUT2D eigenvalue weighted by Crippen LogP contribution is 2.30. The molecule has 0 saturated carbocycles. The zero-order valence-electron chi connectivity index (χ0n) is 9.29. The molecule has 0 bridgehead atoms. The lowest BCUT2D eigenvalue weighted by molar-refractivity contribution is -0.274. The third-order valence-electron chi connectivity index (χ3n) is 2.12. The van der Waals surface area contributed by atoms with Gasteiger partial charge in [0.1, 0.15) is 5.75 Å². The summed E-state index contributed by atoms with van der Waals surface area (Å²) in [5.74, 6) is -2.15. The number of benzene rings is 1. The standard InChI is InChI=1S/C11H7ClF3NO3/c12-4-7-1-6(3-10(17)18)9(2-8(7)5-16)19-11(13,14)15/h1-2H,3-4H2,(H,17,18). The molecule has 19 heavy (non-hydrogen) atoms. The summed E-state index contributed by atoms with van der Waals surface area (Å²) in [6.07, 6.45) is -5.64. The first-order valence-corrected chi connectivity index (χ1v) is 5.39. The van der Waals surface area contributed by atoms with E-state index in [9.17, 15) is 18.0 Å². The van der Waals surface area contributed by atoms with Gasteiger partial charge in [0.25, 0.3) is 0 Å². The molecule has 0 atom stereocenters. The van der Waals surface area contributed by atoms with Crippen LogP contribution in [0.25, 0.3) is 0 Å². The van der Waals surface area contributed by atoms with Crippen molar-refractivity contribution in [3.63, 3.8) is 0 Å². The normalized spacial score (nSPS) is 10.9. The van der Waals surface area contributed by atoms with Crippen LogP contribution in [0.4, 0.5) is 13.2 Å². The molecule has 0 heterocycles. The molecule has 1 aromatic rings. The van der Waals surface area contributed by atoms with E-state index < -0.39 is 24.5 Å². The van der Waals surface area contributed by atoms with Gasteiger partial charge < -0.3 is 9.84 Å². The van der Waals surface area contributed by atoms with Crippen molar-refractivity contribution in [2.75, 3.05) is 0 Å². The summed E-state index contributed by atoms with van der Waals surface area (Å²) < 4.78 is 40.3. The molecule has 102 valence electrons. The van der Waals surface area contributed by atoms with E-state index in [-0.39, 0.29) is 22.6 Å². The maximum absolute atomic E-state index is 12.2. The summed E-state index contributed by atoms with van der Waals surface area (Å²) in [7, 11) is 0. The van der Waals surface area contributed by atoms with Crippen molar-refractivity contribution >= 4 is 17.6 Å². The number of aliphatic carboxylic acids is 1. The zero-order chi connectivity index (χ0) is 14.6. The van der Waals surface area contributed by atoms with Crippen LogP contribution in [-0.4, -0.2) is 17.4 Å². The van der Waals surface area contributed by atoms with Gasteiger partial charge in [-0.2, -0.15) is 5.26 Å². The minimum Gasteiger partial charge on any atom is -0.481 e. The van der Waals surface area contributed by atoms with E-state index in [0.717, 1.165) is 12.1 Å². The molecule has 0 amide bonds. The first-order valence-electron chi connectivity index (χ1n) is 4.86. The van der Waals surface area contributed by atoms with E-state index in [1.807, 2.05) is 0 Å². The Bertz CT molecular complexity index is 537. The van der Waals surface area contributed by atoms with E-state index in [0.29, 0.717) is 0 Å². The van der Waals surface area contributed by atoms with Gasteiger partial charge in [-0.1, -0.05) is 0 Å². The van der Waals surface area contributed by atoms with Gasteiger partial charge in [0, 0.05) is 11.4 Å². The van der Waals surface area contributed by atoms with Crippen LogP contribution in [0.5, 0.6) is 5.75 Å². The average molecular weight is 294 g/mol. The van der Waals surface area contributed by atoms with Crippen LogP contribution in [0.15, 0.2) is 12.1 Å². The van der Waals surface area contributed by atoms with E-state index in [1.165, 1.54) is 0 Å². The van der Waals surface area contributed by atoms with Crippen LogP contribution in [0.2, 0.25) is 0 Å². The molecule has 1 N–H and O–H groups in total. The Morgan fingerprint density at radius 3 is 2.47 bits per heavy atom. The minimum atomic E-state index is -4.97. The number of carbonyl (C=O) groups is 1. The van der Waals surface area contributed by atoms with Crippen LogP contribution >= 0.6 is 11.6 Å². The Balaban J connectivity index is 3.32. The summed E-state index contributed by atoms with van der Waals surface area (Å²) in [4.78, 5) is 10.6. The summed E-state index contributed by atoms with van der Waals surface area (Å²) in [6, 6.07) is 3.64. The molecule has 0 aliphatic heterocycles. The molecule has 8 heteroatoms. The Hall–Kier alpha value is -1.94. The smallest absolute Gasteiger partial charge is 0.481 e. The Kier molecular flexibility index (Phi) is 4.62. The number of hydrogen-bond acceptors (Lipinski definition) is 3. The second-order valence-corrected chi connectivity index (χ2v) is 3.75. The molecule has 4 nitrogen and oxygen atoms in total. The molecule has 0 unspecified atom stereocenters. The van der Waals surface area contributed by atoms with E-state index in [4.69, 9.17) is 22.0 Å². The van der Waals surface area contributed by atoms with Crippen molar-refractivity contribution in [1.82, 2.24) is 0 Å². The highest BCUT2D eigenvalue weighted by Gasteiger charge is 2.32. The van der Waals surface area contributed by atoms with Gasteiger partial charge in [0.05, 0.1) is 18.1 Å². The van der Waals surface area contributed by atoms with Crippen molar-refractivity contribution in [3.05, 3.63) is 28.8 Å². The second-order valence-electron chi connectivity index (χ2n) is 3.48. The number of alkyl halides is 4. The molecular formula is C11H7ClF3NO3. The van der Waals surface area contributed by atoms with Crippen molar-refractivity contribution in [1.29, 1.82) is 5.26 Å². The Morgan fingerprint density at radius 2 is 2.05 bits per heavy atom. The van der Waals surface area contributed by atoms with E-state index >= 15 is 0 Å². The number of halogens is 4. The maximum Gasteiger partial charge on any atom is 0.573 e. The summed E-state index contributed by atoms with van der Waals surface area (Å²) >= 11 is 5.54. The van der Waals surface area contributed by atoms with Gasteiger partial charge in [0.15, 0.2) is 0 Å². The number of rotatable bonds is 4. The lowest BCUT2D eigenvalue weighted by Gasteiger charge is -2.14. The quantitative estimate of drug-likeness (QED) is 0.867. The molecule has 0 aromatic heterocycles. The number of carboxylic acids is 1. The Labute approximate surface area is 111 Å². The third kappa shape index (κ3) is 4.34. The topological polar surface area (TPSA) is 70.3 Å². The fourth-order valence-corrected chi connectivity index (χ4v) is 1.63. The number of nitrogens with zero attached hydrogens (tertiary/aromatic N) is 1. The van der Waals surface area contributed by atoms with Crippen LogP contribution < -0.4 is 4.74 Å². The van der Waals surface area contributed by atoms with Crippen LogP contribution in [-0.2, 0) is 17.1 Å². The fourth-order valence-electron chi connectivity index (χ4n) is 1.41. The molecule has 0 aliphatic carbocycles. The highest BCUT2D eigenvalue weighted by atomic mass is 35.5. The number of carboxylic acid groups (broad SMARTS) is 1. The molecule has 0 saturated heterocycles. The zero-order valence-corrected chi connectivity index (χ0v) is 10.0. The maximum atomic E-state index is 12.2. The van der Waals surface area contributed by atoms with E-state index in [2.05, 4.69) is 4.74 Å². The van der Waals surface area contributed by atoms with E-state index in [1.54, 1.807) is 6.07 Å². The first kappa shape index (κ1) is 15.1. The number of ether oxygens (including phenoxy) is 1. The van der Waals surface area contributed by atoms with Crippen molar-refractivity contribution in [3.8, 4) is 11.8 Å².